The van der Waals surface area contributed by atoms with E-state index < -0.39 is 28.4 Å². The highest BCUT2D eigenvalue weighted by Gasteiger charge is 2.25. The zero-order chi connectivity index (χ0) is 16.0. The Balaban J connectivity index is 0.00000192. The second kappa shape index (κ2) is 5.62. The number of benzene rings is 2. The fourth-order valence-electron chi connectivity index (χ4n) is 2.16. The molecule has 8 heteroatoms. The molecule has 0 aliphatic heterocycles. The molecule has 2 aromatic carbocycles. The fourth-order valence-corrected chi connectivity index (χ4v) is 2.16. The van der Waals surface area contributed by atoms with Crippen LogP contribution in [0, 0.1) is 0 Å². The molecule has 23 heavy (non-hydrogen) atoms. The molecule has 7 nitrogen and oxygen atoms in total. The van der Waals surface area contributed by atoms with Gasteiger partial charge < -0.3 is 42.4 Å². The third-order valence-corrected chi connectivity index (χ3v) is 3.27. The highest BCUT2D eigenvalue weighted by atomic mass is 35.5. The lowest BCUT2D eigenvalue weighted by molar-refractivity contribution is -0.0000100. The van der Waals surface area contributed by atoms with Crippen LogP contribution in [0.2, 0.25) is 0 Å². The summed E-state index contributed by atoms with van der Waals surface area (Å²) >= 11 is 0. The van der Waals surface area contributed by atoms with E-state index in [2.05, 4.69) is 0 Å². The molecule has 0 saturated heterocycles. The van der Waals surface area contributed by atoms with Gasteiger partial charge in [-0.2, -0.15) is 0 Å². The van der Waals surface area contributed by atoms with Gasteiger partial charge >= 0.3 is 5.43 Å². The second-order valence-electron chi connectivity index (χ2n) is 4.61. The summed E-state index contributed by atoms with van der Waals surface area (Å²) in [7, 11) is 0. The lowest BCUT2D eigenvalue weighted by Gasteiger charge is -2.08. The molecular formula is C15H11ClO7. The minimum absolute atomic E-state index is 0. The quantitative estimate of drug-likeness (QED) is 0.274. The smallest absolute Gasteiger partial charge is 0.399 e. The van der Waals surface area contributed by atoms with Crippen LogP contribution in [0.15, 0.2) is 34.7 Å². The summed E-state index contributed by atoms with van der Waals surface area (Å²) in [5.74, 6) is -3.42. The van der Waals surface area contributed by atoms with E-state index in [0.717, 1.165) is 6.07 Å². The largest absolute Gasteiger partial charge is 1.00 e. The van der Waals surface area contributed by atoms with E-state index in [1.807, 2.05) is 0 Å². The molecule has 120 valence electrons. The van der Waals surface area contributed by atoms with Crippen molar-refractivity contribution in [2.45, 2.75) is 0 Å². The van der Waals surface area contributed by atoms with E-state index in [4.69, 9.17) is 4.42 Å². The molecular weight excluding hydrogens is 328 g/mol. The van der Waals surface area contributed by atoms with Crippen molar-refractivity contribution in [1.29, 1.82) is 0 Å². The molecule has 0 unspecified atom stereocenters. The van der Waals surface area contributed by atoms with E-state index in [9.17, 15) is 30.3 Å². The Morgan fingerprint density at radius 3 is 2.17 bits per heavy atom. The van der Waals surface area contributed by atoms with E-state index in [1.165, 1.54) is 24.3 Å². The summed E-state index contributed by atoms with van der Waals surface area (Å²) in [6.07, 6.45) is 0. The van der Waals surface area contributed by atoms with Gasteiger partial charge in [-0.25, -0.2) is 0 Å². The van der Waals surface area contributed by atoms with Gasteiger partial charge in [0, 0.05) is 0 Å². The van der Waals surface area contributed by atoms with Gasteiger partial charge in [0.25, 0.3) is 5.75 Å². The van der Waals surface area contributed by atoms with Crippen molar-refractivity contribution < 1.29 is 47.2 Å². The first-order chi connectivity index (χ1) is 10.4. The van der Waals surface area contributed by atoms with Crippen LogP contribution in [0.25, 0.3) is 22.3 Å². The molecule has 1 heterocycles. The molecule has 3 aromatic rings. The minimum Gasteiger partial charge on any atom is -1.00 e. The first-order valence-electron chi connectivity index (χ1n) is 6.15. The molecule has 1 aromatic heterocycles. The molecule has 0 radical (unpaired) electrons. The number of fused-ring (bicyclic) bond motifs is 1. The highest BCUT2D eigenvalue weighted by Crippen LogP contribution is 2.44. The maximum Gasteiger partial charge on any atom is 0.399 e. The first kappa shape index (κ1) is 16.3. The zero-order valence-corrected chi connectivity index (χ0v) is 12.1. The number of phenolic OH excluding ortho intramolecular Hbond substituents is 4. The third kappa shape index (κ3) is 2.36. The number of phenols is 4. The SMILES string of the molecule is Oc1ccc(-c2oc3cccc(O)c3c(=[OH+])c2O)c(O)c1O.[Cl-]. The second-order valence-corrected chi connectivity index (χ2v) is 4.61. The van der Waals surface area contributed by atoms with E-state index in [0.29, 0.717) is 0 Å². The van der Waals surface area contributed by atoms with Crippen LogP contribution < -0.4 is 17.8 Å². The number of halogens is 1. The lowest BCUT2D eigenvalue weighted by atomic mass is 10.1. The van der Waals surface area contributed by atoms with Crippen molar-refractivity contribution in [1.82, 2.24) is 0 Å². The van der Waals surface area contributed by atoms with Crippen LogP contribution >= 0.6 is 0 Å². The molecule has 0 amide bonds. The Kier molecular flexibility index (Phi) is 3.98. The van der Waals surface area contributed by atoms with Gasteiger partial charge in [-0.15, -0.1) is 0 Å². The number of rotatable bonds is 1. The molecule has 0 aliphatic rings. The van der Waals surface area contributed by atoms with Crippen LogP contribution in [0.3, 0.4) is 0 Å². The molecule has 0 bridgehead atoms. The zero-order valence-electron chi connectivity index (χ0n) is 11.4. The van der Waals surface area contributed by atoms with E-state index in [1.54, 1.807) is 0 Å². The van der Waals surface area contributed by atoms with Crippen molar-refractivity contribution in [3.8, 4) is 40.1 Å². The Morgan fingerprint density at radius 2 is 1.48 bits per heavy atom. The van der Waals surface area contributed by atoms with Gasteiger partial charge in [0.1, 0.15) is 11.3 Å². The predicted molar refractivity (Wildman–Crippen MR) is 75.0 cm³/mol. The van der Waals surface area contributed by atoms with Crippen molar-refractivity contribution in [2.75, 3.05) is 0 Å². The molecule has 3 rings (SSSR count). The molecule has 0 atom stereocenters. The Morgan fingerprint density at radius 1 is 0.783 bits per heavy atom. The van der Waals surface area contributed by atoms with E-state index in [-0.39, 0.29) is 40.4 Å². The average Bonchev–Trinajstić information content (AvgIpc) is 2.49. The standard InChI is InChI=1S/C15H10O7.ClH/c16-7-2-1-3-9-10(7)13(20)14(21)15(22-9)6-4-5-8(17)12(19)11(6)18;/h1-5,16-19,21H;1H. The van der Waals surface area contributed by atoms with Gasteiger partial charge in [-0.3, -0.25) is 4.79 Å². The lowest BCUT2D eigenvalue weighted by Crippen LogP contribution is -3.00. The summed E-state index contributed by atoms with van der Waals surface area (Å²) < 4.78 is 5.39. The van der Waals surface area contributed by atoms with Crippen molar-refractivity contribution in [3.63, 3.8) is 0 Å². The van der Waals surface area contributed by atoms with E-state index >= 15 is 0 Å². The molecule has 0 aliphatic carbocycles. The van der Waals surface area contributed by atoms with Gasteiger partial charge in [-0.05, 0) is 24.3 Å². The molecule has 6 N–H and O–H groups in total. The fraction of sp³-hybridized carbons (Fsp3) is 0. The van der Waals surface area contributed by atoms with Crippen LogP contribution in [0.4, 0.5) is 0 Å². The van der Waals surface area contributed by atoms with Gasteiger partial charge in [-0.1, -0.05) is 6.07 Å². The summed E-state index contributed by atoms with van der Waals surface area (Å²) in [6.45, 7) is 0. The number of hydrogen-bond donors (Lipinski definition) is 5. The van der Waals surface area contributed by atoms with Crippen molar-refractivity contribution in [3.05, 3.63) is 35.8 Å². The normalized spacial score (nSPS) is 10.4. The molecule has 0 spiro atoms. The first-order valence-corrected chi connectivity index (χ1v) is 6.15. The van der Waals surface area contributed by atoms with Crippen LogP contribution in [-0.4, -0.2) is 30.3 Å². The maximum atomic E-state index is 10.0. The average molecular weight is 339 g/mol. The Bertz CT molecular complexity index is 962. The summed E-state index contributed by atoms with van der Waals surface area (Å²) in [5.41, 5.74) is -0.730. The topological polar surface area (TPSA) is 136 Å². The summed E-state index contributed by atoms with van der Waals surface area (Å²) in [6, 6.07) is 6.49. The van der Waals surface area contributed by atoms with Gasteiger partial charge in [0.2, 0.25) is 5.75 Å². The third-order valence-electron chi connectivity index (χ3n) is 3.27. The van der Waals surface area contributed by atoms with Crippen molar-refractivity contribution >= 4 is 11.0 Å². The summed E-state index contributed by atoms with van der Waals surface area (Å²) in [4.78, 5) is 10.0. The minimum atomic E-state index is -0.789. The van der Waals surface area contributed by atoms with Crippen LogP contribution in [0.1, 0.15) is 0 Å². The molecule has 0 fully saturated rings. The monoisotopic (exact) mass is 338 g/mol. The maximum absolute atomic E-state index is 10.0. The van der Waals surface area contributed by atoms with Crippen LogP contribution in [-0.2, 0) is 0 Å². The molecule has 0 saturated carbocycles. The van der Waals surface area contributed by atoms with Crippen molar-refractivity contribution in [2.24, 2.45) is 0 Å². The number of hydrogen-bond acceptors (Lipinski definition) is 6. The Hall–Kier alpha value is -3.06. The Labute approximate surface area is 134 Å². The van der Waals surface area contributed by atoms with Crippen LogP contribution in [0.5, 0.6) is 28.7 Å². The van der Waals surface area contributed by atoms with Gasteiger partial charge in [0.05, 0.1) is 5.56 Å². The summed E-state index contributed by atoms with van der Waals surface area (Å²) in [5, 5.41) is 48.4. The predicted octanol–water partition coefficient (Wildman–Crippen LogP) is -1.36. The van der Waals surface area contributed by atoms with Gasteiger partial charge in [0.15, 0.2) is 22.6 Å². The number of aromatic hydroxyl groups is 5. The highest BCUT2D eigenvalue weighted by molar-refractivity contribution is 5.87.